The number of nitrogens with zero attached hydrogens (tertiary/aromatic N) is 2. The summed E-state index contributed by atoms with van der Waals surface area (Å²) in [4.78, 5) is 28.6. The number of rotatable bonds is 4. The fourth-order valence-corrected chi connectivity index (χ4v) is 3.40. The maximum absolute atomic E-state index is 13.1. The molecule has 5 nitrogen and oxygen atoms in total. The first kappa shape index (κ1) is 19.1. The summed E-state index contributed by atoms with van der Waals surface area (Å²) in [6.45, 7) is 4.33. The highest BCUT2D eigenvalue weighted by Crippen LogP contribution is 2.25. The number of carbonyl (C=O) groups excluding carboxylic acids is 2. The summed E-state index contributed by atoms with van der Waals surface area (Å²) in [7, 11) is 3.44. The number of aryl methyl sites for hydroxylation is 1. The summed E-state index contributed by atoms with van der Waals surface area (Å²) in [6, 6.07) is 15.5. The third-order valence-electron chi connectivity index (χ3n) is 5.06. The summed E-state index contributed by atoms with van der Waals surface area (Å²) in [5.41, 5.74) is 3.64. The molecule has 27 heavy (non-hydrogen) atoms. The van der Waals surface area contributed by atoms with Crippen LogP contribution in [0.4, 0.5) is 0 Å². The fraction of sp³-hybridized carbons (Fsp3) is 0.364. The number of benzene rings is 2. The molecule has 2 amide bonds. The van der Waals surface area contributed by atoms with Gasteiger partial charge in [0.1, 0.15) is 0 Å². The normalized spacial score (nSPS) is 16.9. The third-order valence-corrected chi connectivity index (χ3v) is 5.06. The molecular weight excluding hydrogens is 338 g/mol. The molecule has 142 valence electrons. The Hall–Kier alpha value is -2.66. The van der Waals surface area contributed by atoms with Crippen LogP contribution in [0, 0.1) is 0 Å². The van der Waals surface area contributed by atoms with Crippen LogP contribution in [-0.4, -0.2) is 55.3 Å². The van der Waals surface area contributed by atoms with E-state index < -0.39 is 0 Å². The Morgan fingerprint density at radius 3 is 2.26 bits per heavy atom. The zero-order chi connectivity index (χ0) is 19.4. The molecule has 0 spiro atoms. The van der Waals surface area contributed by atoms with Crippen LogP contribution in [0.15, 0.2) is 48.5 Å². The van der Waals surface area contributed by atoms with Gasteiger partial charge in [-0.1, -0.05) is 31.2 Å². The minimum absolute atomic E-state index is 0.00456. The Bertz CT molecular complexity index is 797. The molecule has 3 rings (SSSR count). The lowest BCUT2D eigenvalue weighted by molar-refractivity contribution is 0.0633. The highest BCUT2D eigenvalue weighted by molar-refractivity contribution is 5.97. The molecule has 1 aliphatic heterocycles. The number of piperazine rings is 1. The number of nitrogens with one attached hydrogen (secondary N) is 1. The van der Waals surface area contributed by atoms with E-state index in [1.165, 1.54) is 10.5 Å². The van der Waals surface area contributed by atoms with E-state index in [-0.39, 0.29) is 17.9 Å². The average Bonchev–Trinajstić information content (AvgIpc) is 2.73. The highest BCUT2D eigenvalue weighted by atomic mass is 16.2. The molecule has 0 aromatic heterocycles. The van der Waals surface area contributed by atoms with Crippen molar-refractivity contribution in [2.75, 3.05) is 33.7 Å². The molecule has 1 N–H and O–H groups in total. The van der Waals surface area contributed by atoms with Crippen LogP contribution in [0.3, 0.4) is 0 Å². The van der Waals surface area contributed by atoms with Crippen molar-refractivity contribution in [3.63, 3.8) is 0 Å². The third kappa shape index (κ3) is 4.19. The van der Waals surface area contributed by atoms with Gasteiger partial charge in [-0.2, -0.15) is 0 Å². The van der Waals surface area contributed by atoms with Gasteiger partial charge in [-0.05, 0) is 41.8 Å². The van der Waals surface area contributed by atoms with Crippen LogP contribution >= 0.6 is 0 Å². The maximum atomic E-state index is 13.1. The van der Waals surface area contributed by atoms with Gasteiger partial charge in [0.05, 0.1) is 6.04 Å². The molecule has 2 aromatic carbocycles. The first-order valence-electron chi connectivity index (χ1n) is 9.43. The molecule has 0 saturated carbocycles. The zero-order valence-electron chi connectivity index (χ0n) is 16.2. The van der Waals surface area contributed by atoms with E-state index in [1.807, 2.05) is 4.90 Å². The Morgan fingerprint density at radius 1 is 1.04 bits per heavy atom. The Balaban J connectivity index is 1.81. The Labute approximate surface area is 161 Å². The monoisotopic (exact) mass is 365 g/mol. The predicted octanol–water partition coefficient (Wildman–Crippen LogP) is 2.74. The maximum Gasteiger partial charge on any atom is 0.254 e. The molecule has 5 heteroatoms. The lowest BCUT2D eigenvalue weighted by Crippen LogP contribution is -2.48. The lowest BCUT2D eigenvalue weighted by atomic mass is 9.99. The van der Waals surface area contributed by atoms with Crippen LogP contribution < -0.4 is 5.32 Å². The van der Waals surface area contributed by atoms with E-state index in [0.717, 1.165) is 25.1 Å². The summed E-state index contributed by atoms with van der Waals surface area (Å²) in [5.74, 6) is -0.0602. The molecule has 0 aliphatic carbocycles. The second-order valence-electron chi connectivity index (χ2n) is 7.09. The van der Waals surface area contributed by atoms with Gasteiger partial charge in [0, 0.05) is 44.9 Å². The van der Waals surface area contributed by atoms with Crippen LogP contribution in [0.1, 0.15) is 44.8 Å². The average molecular weight is 365 g/mol. The molecule has 0 bridgehead atoms. The van der Waals surface area contributed by atoms with Crippen molar-refractivity contribution in [3.05, 3.63) is 70.8 Å². The molecular formula is C22H27N3O2. The fourth-order valence-electron chi connectivity index (χ4n) is 3.40. The van der Waals surface area contributed by atoms with Crippen molar-refractivity contribution in [2.45, 2.75) is 19.4 Å². The SMILES string of the molecule is CCc1ccc(C2CNCCN2C(=O)c2ccc(C(=O)N(C)C)cc2)cc1. The van der Waals surface area contributed by atoms with Crippen molar-refractivity contribution in [2.24, 2.45) is 0 Å². The largest absolute Gasteiger partial charge is 0.345 e. The minimum Gasteiger partial charge on any atom is -0.345 e. The van der Waals surface area contributed by atoms with Gasteiger partial charge in [-0.25, -0.2) is 0 Å². The summed E-state index contributed by atoms with van der Waals surface area (Å²) >= 11 is 0. The van der Waals surface area contributed by atoms with Crippen LogP contribution in [0.25, 0.3) is 0 Å². The van der Waals surface area contributed by atoms with E-state index in [1.54, 1.807) is 38.4 Å². The van der Waals surface area contributed by atoms with Crippen molar-refractivity contribution >= 4 is 11.8 Å². The molecule has 1 heterocycles. The number of hydrogen-bond donors (Lipinski definition) is 1. The summed E-state index contributed by atoms with van der Waals surface area (Å²) in [5, 5.41) is 3.39. The standard InChI is InChI=1S/C22H27N3O2/c1-4-16-5-7-17(8-6-16)20-15-23-13-14-25(20)22(27)19-11-9-18(10-12-19)21(26)24(2)3/h5-12,20,23H,4,13-15H2,1-3H3. The number of amides is 2. The Kier molecular flexibility index (Phi) is 5.91. The van der Waals surface area contributed by atoms with Gasteiger partial charge in [-0.3, -0.25) is 9.59 Å². The van der Waals surface area contributed by atoms with Gasteiger partial charge in [0.25, 0.3) is 11.8 Å². The quantitative estimate of drug-likeness (QED) is 0.906. The molecule has 1 saturated heterocycles. The predicted molar refractivity (Wildman–Crippen MR) is 107 cm³/mol. The molecule has 1 atom stereocenters. The first-order chi connectivity index (χ1) is 13.0. The molecule has 2 aromatic rings. The topological polar surface area (TPSA) is 52.7 Å². The van der Waals surface area contributed by atoms with Crippen molar-refractivity contribution in [1.29, 1.82) is 0 Å². The second kappa shape index (κ2) is 8.35. The van der Waals surface area contributed by atoms with E-state index in [9.17, 15) is 9.59 Å². The second-order valence-corrected chi connectivity index (χ2v) is 7.09. The minimum atomic E-state index is -0.0648. The van der Waals surface area contributed by atoms with Crippen molar-refractivity contribution in [1.82, 2.24) is 15.1 Å². The van der Waals surface area contributed by atoms with Crippen LogP contribution in [0.2, 0.25) is 0 Å². The van der Waals surface area contributed by atoms with Crippen molar-refractivity contribution < 1.29 is 9.59 Å². The van der Waals surface area contributed by atoms with Gasteiger partial charge >= 0.3 is 0 Å². The molecule has 0 radical (unpaired) electrons. The highest BCUT2D eigenvalue weighted by Gasteiger charge is 2.28. The van der Waals surface area contributed by atoms with Gasteiger partial charge in [0.2, 0.25) is 0 Å². The van der Waals surface area contributed by atoms with E-state index in [4.69, 9.17) is 0 Å². The Morgan fingerprint density at radius 2 is 1.67 bits per heavy atom. The summed E-state index contributed by atoms with van der Waals surface area (Å²) < 4.78 is 0. The van der Waals surface area contributed by atoms with E-state index >= 15 is 0 Å². The van der Waals surface area contributed by atoms with Crippen molar-refractivity contribution in [3.8, 4) is 0 Å². The van der Waals surface area contributed by atoms with Gasteiger partial charge < -0.3 is 15.1 Å². The summed E-state index contributed by atoms with van der Waals surface area (Å²) in [6.07, 6.45) is 1.00. The number of carbonyl (C=O) groups is 2. The first-order valence-corrected chi connectivity index (χ1v) is 9.43. The molecule has 1 aliphatic rings. The van der Waals surface area contributed by atoms with Crippen LogP contribution in [0.5, 0.6) is 0 Å². The lowest BCUT2D eigenvalue weighted by Gasteiger charge is -2.36. The van der Waals surface area contributed by atoms with Gasteiger partial charge in [0.15, 0.2) is 0 Å². The number of hydrogen-bond acceptors (Lipinski definition) is 3. The van der Waals surface area contributed by atoms with Crippen LogP contribution in [-0.2, 0) is 6.42 Å². The smallest absolute Gasteiger partial charge is 0.254 e. The van der Waals surface area contributed by atoms with E-state index in [0.29, 0.717) is 17.7 Å². The zero-order valence-corrected chi connectivity index (χ0v) is 16.2. The molecule has 1 unspecified atom stereocenters. The van der Waals surface area contributed by atoms with E-state index in [2.05, 4.69) is 36.5 Å². The van der Waals surface area contributed by atoms with Gasteiger partial charge in [-0.15, -0.1) is 0 Å². The molecule has 1 fully saturated rings.